The zero-order chi connectivity index (χ0) is 24.1. The number of fused-ring (bicyclic) bond motifs is 5. The third-order valence-corrected chi connectivity index (χ3v) is 12.8. The lowest BCUT2D eigenvalue weighted by Gasteiger charge is -2.61. The fourth-order valence-corrected chi connectivity index (χ4v) is 10.5. The van der Waals surface area contributed by atoms with Crippen molar-refractivity contribution < 1.29 is 15.3 Å². The van der Waals surface area contributed by atoms with E-state index in [1.54, 1.807) is 0 Å². The first-order chi connectivity index (χ1) is 15.4. The van der Waals surface area contributed by atoms with Gasteiger partial charge in [-0.05, 0) is 96.7 Å². The second-order valence-corrected chi connectivity index (χ2v) is 14.3. The van der Waals surface area contributed by atoms with E-state index in [0.717, 1.165) is 36.5 Å². The molecule has 3 N–H and O–H groups in total. The highest BCUT2D eigenvalue weighted by Crippen LogP contribution is 2.71. The second-order valence-electron chi connectivity index (χ2n) is 14.3. The number of hydrogen-bond acceptors (Lipinski definition) is 3. The maximum absolute atomic E-state index is 11.7. The predicted molar refractivity (Wildman–Crippen MR) is 133 cm³/mol. The molecule has 188 valence electrons. The van der Waals surface area contributed by atoms with E-state index >= 15 is 0 Å². The Morgan fingerprint density at radius 2 is 1.64 bits per heavy atom. The fraction of sp³-hybridized carbons (Fsp3) is 0.933. The highest BCUT2D eigenvalue weighted by atomic mass is 16.3. The van der Waals surface area contributed by atoms with Crippen LogP contribution < -0.4 is 0 Å². The molecule has 0 bridgehead atoms. The Bertz CT molecular complexity index is 804. The second kappa shape index (κ2) is 7.81. The Morgan fingerprint density at radius 1 is 0.939 bits per heavy atom. The summed E-state index contributed by atoms with van der Waals surface area (Å²) in [6, 6.07) is 0. The van der Waals surface area contributed by atoms with E-state index in [0.29, 0.717) is 36.0 Å². The van der Waals surface area contributed by atoms with E-state index in [-0.39, 0.29) is 22.9 Å². The van der Waals surface area contributed by atoms with Crippen LogP contribution in [0.4, 0.5) is 0 Å². The summed E-state index contributed by atoms with van der Waals surface area (Å²) in [5.41, 5.74) is 1.51. The summed E-state index contributed by atoms with van der Waals surface area (Å²) in [6.45, 7) is 17.0. The van der Waals surface area contributed by atoms with Gasteiger partial charge < -0.3 is 15.3 Å². The Labute approximate surface area is 202 Å². The van der Waals surface area contributed by atoms with Gasteiger partial charge in [0.15, 0.2) is 0 Å². The van der Waals surface area contributed by atoms with E-state index in [4.69, 9.17) is 0 Å². The van der Waals surface area contributed by atoms with Crippen LogP contribution in [0.25, 0.3) is 0 Å². The topological polar surface area (TPSA) is 60.7 Å². The molecule has 33 heavy (non-hydrogen) atoms. The number of aliphatic hydroxyl groups excluding tert-OH is 3. The third kappa shape index (κ3) is 3.30. The van der Waals surface area contributed by atoms with Crippen LogP contribution in [0.2, 0.25) is 0 Å². The van der Waals surface area contributed by atoms with Crippen LogP contribution in [-0.4, -0.2) is 33.6 Å². The quantitative estimate of drug-likeness (QED) is 0.465. The molecule has 5 aliphatic carbocycles. The van der Waals surface area contributed by atoms with Gasteiger partial charge in [0.2, 0.25) is 0 Å². The first-order valence-corrected chi connectivity index (χ1v) is 14.1. The van der Waals surface area contributed by atoms with Crippen molar-refractivity contribution in [2.45, 2.75) is 112 Å². The van der Waals surface area contributed by atoms with Crippen LogP contribution in [0.15, 0.2) is 11.6 Å². The minimum atomic E-state index is -0.555. The molecule has 5 rings (SSSR count). The number of rotatable bonds is 4. The van der Waals surface area contributed by atoms with Gasteiger partial charge in [0.1, 0.15) is 0 Å². The van der Waals surface area contributed by atoms with Gasteiger partial charge in [0.25, 0.3) is 0 Å². The molecule has 0 aromatic rings. The molecule has 0 aromatic heterocycles. The van der Waals surface area contributed by atoms with E-state index in [2.05, 4.69) is 54.5 Å². The molecule has 0 aliphatic heterocycles. The van der Waals surface area contributed by atoms with Crippen LogP contribution in [0.3, 0.4) is 0 Å². The van der Waals surface area contributed by atoms with E-state index in [9.17, 15) is 15.3 Å². The Morgan fingerprint density at radius 3 is 2.30 bits per heavy atom. The maximum atomic E-state index is 11.7. The summed E-state index contributed by atoms with van der Waals surface area (Å²) >= 11 is 0. The summed E-state index contributed by atoms with van der Waals surface area (Å²) in [5.74, 6) is 4.95. The summed E-state index contributed by atoms with van der Waals surface area (Å²) in [6.07, 6.45) is 7.95. The summed E-state index contributed by atoms with van der Waals surface area (Å²) in [7, 11) is 0. The average Bonchev–Trinajstić information content (AvgIpc) is 3.30. The first kappa shape index (κ1) is 24.3. The van der Waals surface area contributed by atoms with Gasteiger partial charge in [-0.25, -0.2) is 0 Å². The first-order valence-electron chi connectivity index (χ1n) is 14.1. The molecule has 0 aromatic carbocycles. The van der Waals surface area contributed by atoms with Crippen LogP contribution in [0.1, 0.15) is 93.4 Å². The van der Waals surface area contributed by atoms with E-state index in [1.807, 2.05) is 0 Å². The molecular formula is C30H50O3. The van der Waals surface area contributed by atoms with Crippen LogP contribution >= 0.6 is 0 Å². The average molecular weight is 459 g/mol. The lowest BCUT2D eigenvalue weighted by atomic mass is 9.45. The molecule has 0 heterocycles. The SMILES string of the molecule is CC(C)[C@@H](C)[C@@]1(C)C[C@@H]1[C@@H](C)[C@H]1CC[C@H]2[C@@H]3CC=C4C[C@@H](O)C[C@H](O)[C@]4(C)[C@H]3[C@H](O)C[C@]12C. The highest BCUT2D eigenvalue weighted by molar-refractivity contribution is 5.29. The van der Waals surface area contributed by atoms with E-state index < -0.39 is 12.2 Å². The molecule has 3 nitrogen and oxygen atoms in total. The van der Waals surface area contributed by atoms with E-state index in [1.165, 1.54) is 24.8 Å². The molecule has 5 aliphatic rings. The molecule has 4 fully saturated rings. The van der Waals surface area contributed by atoms with Crippen LogP contribution in [-0.2, 0) is 0 Å². The Kier molecular flexibility index (Phi) is 5.75. The standard InChI is InChI=1S/C30H50O3/c1-16(2)18(4)28(5)14-24(28)17(3)22-10-11-23-21-9-8-19-12-20(31)13-26(33)30(19,7)27(21)25(32)15-29(22,23)6/h8,16-18,20-27,31-33H,9-15H2,1-7H3/t17-,18+,20+,21-,22+,23-,24+,25+,26-,27+,28+,29+,30+/m0/s1. The predicted octanol–water partition coefficient (Wildman–Crippen LogP) is 5.82. The summed E-state index contributed by atoms with van der Waals surface area (Å²) in [4.78, 5) is 0. The molecule has 4 saturated carbocycles. The highest BCUT2D eigenvalue weighted by Gasteiger charge is 2.66. The minimum absolute atomic E-state index is 0.124. The fourth-order valence-electron chi connectivity index (χ4n) is 10.5. The monoisotopic (exact) mass is 458 g/mol. The molecule has 0 amide bonds. The maximum Gasteiger partial charge on any atom is 0.0659 e. The van der Waals surface area contributed by atoms with Crippen molar-refractivity contribution in [1.82, 2.24) is 0 Å². The lowest BCUT2D eigenvalue weighted by molar-refractivity contribution is -0.160. The van der Waals surface area contributed by atoms with Gasteiger partial charge in [0, 0.05) is 11.8 Å². The zero-order valence-electron chi connectivity index (χ0n) is 22.2. The van der Waals surface area contributed by atoms with Crippen molar-refractivity contribution in [1.29, 1.82) is 0 Å². The van der Waals surface area contributed by atoms with Gasteiger partial charge in [-0.2, -0.15) is 0 Å². The van der Waals surface area contributed by atoms with Gasteiger partial charge in [-0.15, -0.1) is 0 Å². The summed E-state index contributed by atoms with van der Waals surface area (Å²) < 4.78 is 0. The van der Waals surface area contributed by atoms with Crippen molar-refractivity contribution in [3.63, 3.8) is 0 Å². The van der Waals surface area contributed by atoms with Crippen LogP contribution in [0.5, 0.6) is 0 Å². The molecule has 0 saturated heterocycles. The Balaban J connectivity index is 1.41. The number of allylic oxidation sites excluding steroid dienone is 1. The molecule has 0 radical (unpaired) electrons. The van der Waals surface area contributed by atoms with Crippen molar-refractivity contribution in [2.75, 3.05) is 0 Å². The van der Waals surface area contributed by atoms with Gasteiger partial charge in [-0.3, -0.25) is 0 Å². The number of aliphatic hydroxyl groups is 3. The van der Waals surface area contributed by atoms with Gasteiger partial charge in [0.05, 0.1) is 18.3 Å². The summed E-state index contributed by atoms with van der Waals surface area (Å²) in [5, 5.41) is 33.2. The molecular weight excluding hydrogens is 408 g/mol. The molecule has 13 atom stereocenters. The van der Waals surface area contributed by atoms with Crippen molar-refractivity contribution >= 4 is 0 Å². The van der Waals surface area contributed by atoms with Gasteiger partial charge >= 0.3 is 0 Å². The smallest absolute Gasteiger partial charge is 0.0659 e. The number of hydrogen-bond donors (Lipinski definition) is 3. The lowest BCUT2D eigenvalue weighted by Crippen LogP contribution is -2.60. The van der Waals surface area contributed by atoms with Gasteiger partial charge in [-0.1, -0.05) is 60.1 Å². The van der Waals surface area contributed by atoms with Crippen molar-refractivity contribution in [3.05, 3.63) is 11.6 Å². The van der Waals surface area contributed by atoms with Crippen molar-refractivity contribution in [3.8, 4) is 0 Å². The van der Waals surface area contributed by atoms with Crippen LogP contribution in [0, 0.1) is 63.6 Å². The normalized spacial score (nSPS) is 55.3. The third-order valence-electron chi connectivity index (χ3n) is 12.8. The zero-order valence-corrected chi connectivity index (χ0v) is 22.2. The largest absolute Gasteiger partial charge is 0.393 e. The van der Waals surface area contributed by atoms with Crippen molar-refractivity contribution in [2.24, 2.45) is 63.6 Å². The minimum Gasteiger partial charge on any atom is -0.393 e. The molecule has 3 heteroatoms. The molecule has 0 spiro atoms. The molecule has 0 unspecified atom stereocenters. The Hall–Kier alpha value is -0.380.